The van der Waals surface area contributed by atoms with E-state index in [2.05, 4.69) is 10.6 Å². The number of carboxylic acids is 1. The Bertz CT molecular complexity index is 635. The summed E-state index contributed by atoms with van der Waals surface area (Å²) in [5.74, 6) is -2.68. The highest BCUT2D eigenvalue weighted by Crippen LogP contribution is 2.10. The number of rotatable bonds is 10. The number of hydrogen-bond acceptors (Lipinski definition) is 5. The molecule has 0 aliphatic rings. The molecule has 0 fully saturated rings. The summed E-state index contributed by atoms with van der Waals surface area (Å²) in [6.07, 6.45) is -0.370. The van der Waals surface area contributed by atoms with Gasteiger partial charge in [-0.25, -0.2) is 4.79 Å². The Morgan fingerprint density at radius 2 is 1.67 bits per heavy atom. The molecule has 0 heterocycles. The number of nitrogens with two attached hydrogens (primary N) is 1. The Morgan fingerprint density at radius 3 is 2.15 bits per heavy atom. The van der Waals surface area contributed by atoms with Gasteiger partial charge in [-0.15, -0.1) is 0 Å². The smallest absolute Gasteiger partial charge is 0.326 e. The maximum absolute atomic E-state index is 12.7. The number of aliphatic carboxylic acids is 1. The molecule has 8 nitrogen and oxygen atoms in total. The first-order chi connectivity index (χ1) is 12.7. The van der Waals surface area contributed by atoms with Crippen LogP contribution in [0.5, 0.6) is 0 Å². The van der Waals surface area contributed by atoms with Crippen molar-refractivity contribution in [2.45, 2.75) is 57.8 Å². The number of carbonyl (C=O) groups excluding carboxylic acids is 2. The highest BCUT2D eigenvalue weighted by molar-refractivity contribution is 5.92. The van der Waals surface area contributed by atoms with Crippen LogP contribution in [0.25, 0.3) is 0 Å². The van der Waals surface area contributed by atoms with E-state index in [1.807, 2.05) is 13.0 Å². The second kappa shape index (κ2) is 10.6. The third-order valence-corrected chi connectivity index (χ3v) is 4.51. The summed E-state index contributed by atoms with van der Waals surface area (Å²) in [5, 5.41) is 23.9. The molecule has 1 aromatic rings. The van der Waals surface area contributed by atoms with Gasteiger partial charge in [-0.3, -0.25) is 9.59 Å². The molecule has 0 radical (unpaired) electrons. The highest BCUT2D eigenvalue weighted by Gasteiger charge is 2.31. The van der Waals surface area contributed by atoms with Crippen LogP contribution in [0.3, 0.4) is 0 Å². The summed E-state index contributed by atoms with van der Waals surface area (Å²) in [4.78, 5) is 36.4. The predicted octanol–water partition coefficient (Wildman–Crippen LogP) is 0.0375. The third kappa shape index (κ3) is 6.99. The van der Waals surface area contributed by atoms with Crippen molar-refractivity contribution in [2.75, 3.05) is 0 Å². The van der Waals surface area contributed by atoms with Crippen LogP contribution in [-0.2, 0) is 20.8 Å². The van der Waals surface area contributed by atoms with E-state index < -0.39 is 42.0 Å². The molecular weight excluding hydrogens is 350 g/mol. The maximum atomic E-state index is 12.7. The van der Waals surface area contributed by atoms with E-state index in [1.54, 1.807) is 31.2 Å². The fourth-order valence-corrected chi connectivity index (χ4v) is 2.48. The fourth-order valence-electron chi connectivity index (χ4n) is 2.48. The first-order valence-electron chi connectivity index (χ1n) is 8.98. The predicted molar refractivity (Wildman–Crippen MR) is 101 cm³/mol. The van der Waals surface area contributed by atoms with Crippen LogP contribution >= 0.6 is 0 Å². The van der Waals surface area contributed by atoms with Crippen LogP contribution in [0.4, 0.5) is 0 Å². The normalized spacial score (nSPS) is 16.5. The molecule has 1 rings (SSSR count). The van der Waals surface area contributed by atoms with E-state index >= 15 is 0 Å². The quantitative estimate of drug-likeness (QED) is 0.388. The zero-order chi connectivity index (χ0) is 20.6. The fraction of sp³-hybridized carbons (Fsp3) is 0.526. The van der Waals surface area contributed by atoms with Gasteiger partial charge < -0.3 is 26.6 Å². The molecule has 0 aromatic heterocycles. The van der Waals surface area contributed by atoms with Gasteiger partial charge in [-0.1, -0.05) is 50.6 Å². The monoisotopic (exact) mass is 379 g/mol. The number of aliphatic hydroxyl groups is 1. The van der Waals surface area contributed by atoms with Gasteiger partial charge in [0.1, 0.15) is 18.1 Å². The minimum Gasteiger partial charge on any atom is -0.480 e. The number of nitrogens with one attached hydrogen (secondary N) is 2. The van der Waals surface area contributed by atoms with Crippen LogP contribution in [-0.4, -0.2) is 52.2 Å². The van der Waals surface area contributed by atoms with Gasteiger partial charge in [-0.05, 0) is 18.4 Å². The Morgan fingerprint density at radius 1 is 1.07 bits per heavy atom. The molecule has 150 valence electrons. The number of carbonyl (C=O) groups is 3. The Balaban J connectivity index is 2.89. The van der Waals surface area contributed by atoms with E-state index in [4.69, 9.17) is 5.73 Å². The Hall–Kier alpha value is -2.45. The molecule has 0 unspecified atom stereocenters. The minimum atomic E-state index is -1.18. The Labute approximate surface area is 159 Å². The van der Waals surface area contributed by atoms with Crippen LogP contribution in [0, 0.1) is 5.92 Å². The number of amides is 2. The van der Waals surface area contributed by atoms with E-state index in [1.165, 1.54) is 6.92 Å². The molecular formula is C19H29N3O5. The lowest BCUT2D eigenvalue weighted by Crippen LogP contribution is -2.58. The molecule has 8 heteroatoms. The number of hydrogen-bond donors (Lipinski definition) is 5. The molecule has 0 aliphatic carbocycles. The topological polar surface area (TPSA) is 142 Å². The molecule has 0 aliphatic heterocycles. The van der Waals surface area contributed by atoms with Crippen LogP contribution in [0.15, 0.2) is 30.3 Å². The number of benzene rings is 1. The van der Waals surface area contributed by atoms with Crippen molar-refractivity contribution in [1.29, 1.82) is 0 Å². The van der Waals surface area contributed by atoms with Gasteiger partial charge in [0.25, 0.3) is 0 Å². The van der Waals surface area contributed by atoms with E-state index in [9.17, 15) is 24.6 Å². The van der Waals surface area contributed by atoms with Gasteiger partial charge in [0.2, 0.25) is 11.8 Å². The molecule has 27 heavy (non-hydrogen) atoms. The van der Waals surface area contributed by atoms with Crippen molar-refractivity contribution in [2.24, 2.45) is 11.7 Å². The lowest BCUT2D eigenvalue weighted by Gasteiger charge is -2.27. The van der Waals surface area contributed by atoms with Crippen molar-refractivity contribution in [3.8, 4) is 0 Å². The van der Waals surface area contributed by atoms with Crippen molar-refractivity contribution < 1.29 is 24.6 Å². The maximum Gasteiger partial charge on any atom is 0.326 e. The molecule has 5 atom stereocenters. The second-order valence-electron chi connectivity index (χ2n) is 6.73. The molecule has 0 saturated heterocycles. The zero-order valence-electron chi connectivity index (χ0n) is 15.9. The van der Waals surface area contributed by atoms with Crippen molar-refractivity contribution in [3.05, 3.63) is 35.9 Å². The first-order valence-corrected chi connectivity index (χ1v) is 8.98. The van der Waals surface area contributed by atoms with Crippen molar-refractivity contribution in [3.63, 3.8) is 0 Å². The van der Waals surface area contributed by atoms with Gasteiger partial charge in [-0.2, -0.15) is 0 Å². The van der Waals surface area contributed by atoms with Crippen LogP contribution in [0.1, 0.15) is 32.8 Å². The highest BCUT2D eigenvalue weighted by atomic mass is 16.4. The lowest BCUT2D eigenvalue weighted by atomic mass is 9.96. The molecule has 0 spiro atoms. The van der Waals surface area contributed by atoms with Gasteiger partial charge in [0.05, 0.1) is 6.10 Å². The number of aliphatic hydroxyl groups excluding tert-OH is 1. The molecule has 0 bridgehead atoms. The van der Waals surface area contributed by atoms with Gasteiger partial charge in [0.15, 0.2) is 0 Å². The van der Waals surface area contributed by atoms with E-state index in [0.29, 0.717) is 6.42 Å². The average Bonchev–Trinajstić information content (AvgIpc) is 2.64. The van der Waals surface area contributed by atoms with Crippen LogP contribution in [0.2, 0.25) is 0 Å². The van der Waals surface area contributed by atoms with E-state index in [0.717, 1.165) is 5.56 Å². The summed E-state index contributed by atoms with van der Waals surface area (Å²) in [7, 11) is 0. The summed E-state index contributed by atoms with van der Waals surface area (Å²) in [6, 6.07) is 5.68. The van der Waals surface area contributed by atoms with E-state index in [-0.39, 0.29) is 12.3 Å². The summed E-state index contributed by atoms with van der Waals surface area (Å²) >= 11 is 0. The minimum absolute atomic E-state index is 0.121. The molecule has 2 amide bonds. The third-order valence-electron chi connectivity index (χ3n) is 4.51. The van der Waals surface area contributed by atoms with Crippen LogP contribution < -0.4 is 16.4 Å². The van der Waals surface area contributed by atoms with Gasteiger partial charge >= 0.3 is 5.97 Å². The molecule has 6 N–H and O–H groups in total. The molecule has 1 aromatic carbocycles. The van der Waals surface area contributed by atoms with Crippen molar-refractivity contribution >= 4 is 17.8 Å². The summed E-state index contributed by atoms with van der Waals surface area (Å²) < 4.78 is 0. The Kier molecular flexibility index (Phi) is 8.90. The van der Waals surface area contributed by atoms with Gasteiger partial charge in [0, 0.05) is 6.42 Å². The zero-order valence-corrected chi connectivity index (χ0v) is 15.9. The SMILES string of the molecule is CC[C@H](C)[C@H](NC(=O)[C@@H](N)[C@@H](C)O)C(=O)N[C@@H](Cc1ccccc1)C(=O)O. The number of carboxylic acid groups (broad SMARTS) is 1. The van der Waals surface area contributed by atoms with Crippen molar-refractivity contribution in [1.82, 2.24) is 10.6 Å². The second-order valence-corrected chi connectivity index (χ2v) is 6.73. The first kappa shape index (κ1) is 22.6. The summed E-state index contributed by atoms with van der Waals surface area (Å²) in [6.45, 7) is 5.00. The summed E-state index contributed by atoms with van der Waals surface area (Å²) in [5.41, 5.74) is 6.38. The average molecular weight is 379 g/mol. The standard InChI is InChI=1S/C19H29N3O5/c1-4-11(2)16(22-17(24)15(20)12(3)23)18(25)21-14(19(26)27)10-13-8-6-5-7-9-13/h5-9,11-12,14-16,23H,4,10,20H2,1-3H3,(H,21,25)(H,22,24)(H,26,27)/t11-,12+,14-,15-,16-/m0/s1. The lowest BCUT2D eigenvalue weighted by molar-refractivity contribution is -0.142. The molecule has 0 saturated carbocycles. The largest absolute Gasteiger partial charge is 0.480 e.